The lowest BCUT2D eigenvalue weighted by Crippen LogP contribution is -2.34. The van der Waals surface area contributed by atoms with Crippen LogP contribution in [0.4, 0.5) is 10.1 Å². The summed E-state index contributed by atoms with van der Waals surface area (Å²) >= 11 is 0. The zero-order valence-electron chi connectivity index (χ0n) is 11.5. The van der Waals surface area contributed by atoms with Crippen LogP contribution in [0.15, 0.2) is 53.4 Å². The van der Waals surface area contributed by atoms with Crippen LogP contribution in [0.2, 0.25) is 0 Å². The minimum Gasteiger partial charge on any atom is -0.394 e. The van der Waals surface area contributed by atoms with Gasteiger partial charge >= 0.3 is 0 Å². The Balaban J connectivity index is 2.53. The molecule has 1 N–H and O–H groups in total. The molecule has 0 aliphatic carbocycles. The molecule has 6 heteroatoms. The molecule has 0 spiro atoms. The predicted octanol–water partition coefficient (Wildman–Crippen LogP) is 2.32. The molecule has 0 aliphatic rings. The molecule has 2 rings (SSSR count). The molecule has 0 heterocycles. The normalized spacial score (nSPS) is 11.4. The number of anilines is 1. The topological polar surface area (TPSA) is 57.6 Å². The smallest absolute Gasteiger partial charge is 0.267 e. The van der Waals surface area contributed by atoms with E-state index in [0.29, 0.717) is 11.3 Å². The molecule has 2 aromatic carbocycles. The van der Waals surface area contributed by atoms with Gasteiger partial charge in [-0.15, -0.1) is 0 Å². The summed E-state index contributed by atoms with van der Waals surface area (Å²) in [5.74, 6) is -0.797. The Labute approximate surface area is 123 Å². The van der Waals surface area contributed by atoms with Crippen LogP contribution in [0, 0.1) is 12.7 Å². The van der Waals surface area contributed by atoms with Gasteiger partial charge < -0.3 is 5.11 Å². The maximum Gasteiger partial charge on any atom is 0.267 e. The van der Waals surface area contributed by atoms with Crippen LogP contribution in [0.25, 0.3) is 0 Å². The van der Waals surface area contributed by atoms with Crippen LogP contribution < -0.4 is 4.31 Å². The molecule has 0 aromatic heterocycles. The Morgan fingerprint density at radius 3 is 2.38 bits per heavy atom. The minimum absolute atomic E-state index is 0.139. The number of aliphatic hydroxyl groups is 1. The summed E-state index contributed by atoms with van der Waals surface area (Å²) in [7, 11) is -4.07. The molecule has 0 bridgehead atoms. The second kappa shape index (κ2) is 6.24. The number of aryl methyl sites for hydroxylation is 1. The van der Waals surface area contributed by atoms with Crippen molar-refractivity contribution in [3.05, 3.63) is 59.9 Å². The van der Waals surface area contributed by atoms with Crippen LogP contribution in [-0.4, -0.2) is 26.7 Å². The van der Waals surface area contributed by atoms with Gasteiger partial charge in [0.1, 0.15) is 10.7 Å². The standard InChI is InChI=1S/C15H16FNO3S/c1-12-7-8-15(14(16)11-12)21(19,20)17(9-10-18)13-5-3-2-4-6-13/h2-8,11,18H,9-10H2,1H3. The van der Waals surface area contributed by atoms with Crippen LogP contribution in [0.3, 0.4) is 0 Å². The number of hydrogen-bond donors (Lipinski definition) is 1. The van der Waals surface area contributed by atoms with E-state index in [-0.39, 0.29) is 13.2 Å². The molecule has 0 saturated heterocycles. The van der Waals surface area contributed by atoms with Crippen LogP contribution in [0.5, 0.6) is 0 Å². The van der Waals surface area contributed by atoms with Crippen molar-refractivity contribution in [3.8, 4) is 0 Å². The second-order valence-corrected chi connectivity index (χ2v) is 6.40. The van der Waals surface area contributed by atoms with Crippen molar-refractivity contribution in [2.45, 2.75) is 11.8 Å². The van der Waals surface area contributed by atoms with Crippen molar-refractivity contribution in [3.63, 3.8) is 0 Å². The first kappa shape index (κ1) is 15.5. The van der Waals surface area contributed by atoms with Gasteiger partial charge in [0.2, 0.25) is 0 Å². The largest absolute Gasteiger partial charge is 0.394 e. The number of benzene rings is 2. The Bertz CT molecular complexity index is 717. The molecule has 0 amide bonds. The highest BCUT2D eigenvalue weighted by molar-refractivity contribution is 7.92. The number of para-hydroxylation sites is 1. The maximum atomic E-state index is 14.0. The first-order chi connectivity index (χ1) is 9.96. The van der Waals surface area contributed by atoms with E-state index < -0.39 is 20.7 Å². The molecule has 2 aromatic rings. The zero-order valence-corrected chi connectivity index (χ0v) is 12.3. The molecule has 0 fully saturated rings. The van der Waals surface area contributed by atoms with E-state index in [1.807, 2.05) is 0 Å². The lowest BCUT2D eigenvalue weighted by atomic mass is 10.2. The summed E-state index contributed by atoms with van der Waals surface area (Å²) in [6, 6.07) is 12.3. The fourth-order valence-corrected chi connectivity index (χ4v) is 3.51. The van der Waals surface area contributed by atoms with E-state index in [0.717, 1.165) is 4.31 Å². The third kappa shape index (κ3) is 3.22. The van der Waals surface area contributed by atoms with Gasteiger partial charge in [0.05, 0.1) is 18.8 Å². The van der Waals surface area contributed by atoms with Gasteiger partial charge in [0.25, 0.3) is 10.0 Å². The highest BCUT2D eigenvalue weighted by atomic mass is 32.2. The fourth-order valence-electron chi connectivity index (χ4n) is 2.01. The summed E-state index contributed by atoms with van der Waals surface area (Å²) in [6.07, 6.45) is 0. The highest BCUT2D eigenvalue weighted by Crippen LogP contribution is 2.25. The average molecular weight is 309 g/mol. The monoisotopic (exact) mass is 309 g/mol. The Morgan fingerprint density at radius 2 is 1.81 bits per heavy atom. The van der Waals surface area contributed by atoms with E-state index in [9.17, 15) is 12.8 Å². The van der Waals surface area contributed by atoms with Crippen LogP contribution in [-0.2, 0) is 10.0 Å². The van der Waals surface area contributed by atoms with E-state index in [1.165, 1.54) is 18.2 Å². The van der Waals surface area contributed by atoms with Crippen molar-refractivity contribution in [1.82, 2.24) is 0 Å². The Hall–Kier alpha value is -1.92. The quantitative estimate of drug-likeness (QED) is 0.922. The summed E-state index contributed by atoms with van der Waals surface area (Å²) in [5.41, 5.74) is 1.02. The number of halogens is 1. The first-order valence-electron chi connectivity index (χ1n) is 6.41. The maximum absolute atomic E-state index is 14.0. The van der Waals surface area contributed by atoms with Gasteiger partial charge in [0.15, 0.2) is 0 Å². The van der Waals surface area contributed by atoms with E-state index in [4.69, 9.17) is 5.11 Å². The molecule has 0 saturated carbocycles. The molecular weight excluding hydrogens is 293 g/mol. The Morgan fingerprint density at radius 1 is 1.14 bits per heavy atom. The summed E-state index contributed by atoms with van der Waals surface area (Å²) < 4.78 is 40.3. The van der Waals surface area contributed by atoms with Crippen molar-refractivity contribution >= 4 is 15.7 Å². The second-order valence-electron chi connectivity index (χ2n) is 4.57. The van der Waals surface area contributed by atoms with Gasteiger partial charge in [-0.05, 0) is 36.8 Å². The average Bonchev–Trinajstić information content (AvgIpc) is 2.45. The first-order valence-corrected chi connectivity index (χ1v) is 7.85. The summed E-state index contributed by atoms with van der Waals surface area (Å²) in [6.45, 7) is 1.18. The van der Waals surface area contributed by atoms with Gasteiger partial charge in [-0.1, -0.05) is 24.3 Å². The summed E-state index contributed by atoms with van der Waals surface area (Å²) in [4.78, 5) is -0.398. The summed E-state index contributed by atoms with van der Waals surface area (Å²) in [5, 5.41) is 9.12. The highest BCUT2D eigenvalue weighted by Gasteiger charge is 2.27. The lowest BCUT2D eigenvalue weighted by Gasteiger charge is -2.24. The van der Waals surface area contributed by atoms with Crippen molar-refractivity contribution in [1.29, 1.82) is 0 Å². The zero-order chi connectivity index (χ0) is 15.5. The molecule has 0 atom stereocenters. The van der Waals surface area contributed by atoms with Gasteiger partial charge in [0, 0.05) is 0 Å². The molecule has 21 heavy (non-hydrogen) atoms. The van der Waals surface area contributed by atoms with Gasteiger partial charge in [-0.3, -0.25) is 4.31 Å². The number of hydrogen-bond acceptors (Lipinski definition) is 3. The van der Waals surface area contributed by atoms with Crippen molar-refractivity contribution < 1.29 is 17.9 Å². The molecule has 4 nitrogen and oxygen atoms in total. The number of sulfonamides is 1. The van der Waals surface area contributed by atoms with Crippen LogP contribution >= 0.6 is 0 Å². The van der Waals surface area contributed by atoms with E-state index >= 15 is 0 Å². The molecule has 0 radical (unpaired) electrons. The number of aliphatic hydroxyl groups excluding tert-OH is 1. The van der Waals surface area contributed by atoms with Gasteiger partial charge in [-0.25, -0.2) is 12.8 Å². The van der Waals surface area contributed by atoms with Crippen molar-refractivity contribution in [2.75, 3.05) is 17.5 Å². The minimum atomic E-state index is -4.07. The lowest BCUT2D eigenvalue weighted by molar-refractivity contribution is 0.306. The molecule has 0 unspecified atom stereocenters. The fraction of sp³-hybridized carbons (Fsp3) is 0.200. The predicted molar refractivity (Wildman–Crippen MR) is 79.2 cm³/mol. The third-order valence-corrected chi connectivity index (χ3v) is 4.86. The SMILES string of the molecule is Cc1ccc(S(=O)(=O)N(CCO)c2ccccc2)c(F)c1. The third-order valence-electron chi connectivity index (χ3n) is 3.00. The van der Waals surface area contributed by atoms with E-state index in [2.05, 4.69) is 0 Å². The molecule has 0 aliphatic heterocycles. The molecular formula is C15H16FNO3S. The van der Waals surface area contributed by atoms with Crippen LogP contribution in [0.1, 0.15) is 5.56 Å². The van der Waals surface area contributed by atoms with Gasteiger partial charge in [-0.2, -0.15) is 0 Å². The number of rotatable bonds is 5. The molecule has 112 valence electrons. The number of nitrogens with zero attached hydrogens (tertiary/aromatic N) is 1. The van der Waals surface area contributed by atoms with E-state index in [1.54, 1.807) is 37.3 Å². The van der Waals surface area contributed by atoms with Crippen molar-refractivity contribution in [2.24, 2.45) is 0 Å². The Kier molecular flexibility index (Phi) is 4.59.